The van der Waals surface area contributed by atoms with Crippen molar-refractivity contribution in [2.24, 2.45) is 5.73 Å². The van der Waals surface area contributed by atoms with Crippen LogP contribution >= 0.6 is 0 Å². The Morgan fingerprint density at radius 2 is 1.84 bits per heavy atom. The molecule has 100 valence electrons. The zero-order valence-corrected chi connectivity index (χ0v) is 10.2. The average molecular weight is 267 g/mol. The summed E-state index contributed by atoms with van der Waals surface area (Å²) in [6, 6.07) is 3.31. The monoisotopic (exact) mass is 267 g/mol. The molecule has 0 aliphatic rings. The summed E-state index contributed by atoms with van der Waals surface area (Å²) in [6.07, 6.45) is 1.99. The van der Waals surface area contributed by atoms with Crippen LogP contribution < -0.4 is 5.73 Å². The molecule has 0 saturated heterocycles. The van der Waals surface area contributed by atoms with Crippen molar-refractivity contribution in [3.05, 3.63) is 47.5 Å². The Balaban J connectivity index is 2.41. The molecule has 0 amide bonds. The van der Waals surface area contributed by atoms with E-state index in [4.69, 9.17) is 5.73 Å². The summed E-state index contributed by atoms with van der Waals surface area (Å²) in [5.74, 6) is -3.90. The Labute approximate surface area is 108 Å². The predicted molar refractivity (Wildman–Crippen MR) is 64.7 cm³/mol. The van der Waals surface area contributed by atoms with E-state index in [2.05, 4.69) is 9.97 Å². The Hall–Kier alpha value is -1.95. The molecular weight excluding hydrogens is 255 g/mol. The average Bonchev–Trinajstić information content (AvgIpc) is 2.35. The topological polar surface area (TPSA) is 51.8 Å². The Kier molecular flexibility index (Phi) is 3.80. The summed E-state index contributed by atoms with van der Waals surface area (Å²) in [5, 5.41) is 0. The second-order valence-corrected chi connectivity index (χ2v) is 4.31. The summed E-state index contributed by atoms with van der Waals surface area (Å²) < 4.78 is 39.2. The second-order valence-electron chi connectivity index (χ2n) is 4.31. The highest BCUT2D eigenvalue weighted by Gasteiger charge is 2.13. The third-order valence-corrected chi connectivity index (χ3v) is 2.49. The summed E-state index contributed by atoms with van der Waals surface area (Å²) in [6.45, 7) is 1.82. The van der Waals surface area contributed by atoms with Crippen LogP contribution in [0.1, 0.15) is 12.6 Å². The third-order valence-electron chi connectivity index (χ3n) is 2.49. The fourth-order valence-corrected chi connectivity index (χ4v) is 1.66. The molecule has 2 N–H and O–H groups in total. The number of hydrogen-bond acceptors (Lipinski definition) is 3. The first-order valence-corrected chi connectivity index (χ1v) is 5.70. The van der Waals surface area contributed by atoms with Crippen LogP contribution in [-0.4, -0.2) is 16.0 Å². The van der Waals surface area contributed by atoms with Gasteiger partial charge in [0.25, 0.3) is 0 Å². The Morgan fingerprint density at radius 1 is 1.21 bits per heavy atom. The Morgan fingerprint density at radius 3 is 2.42 bits per heavy atom. The molecule has 0 aliphatic heterocycles. The fraction of sp³-hybridized carbons (Fsp3) is 0.231. The molecule has 0 saturated carbocycles. The first kappa shape index (κ1) is 13.5. The highest BCUT2D eigenvalue weighted by Crippen LogP contribution is 2.21. The third kappa shape index (κ3) is 3.08. The van der Waals surface area contributed by atoms with Gasteiger partial charge >= 0.3 is 0 Å². The first-order valence-electron chi connectivity index (χ1n) is 5.70. The van der Waals surface area contributed by atoms with Crippen LogP contribution in [0.15, 0.2) is 24.4 Å². The van der Waals surface area contributed by atoms with Gasteiger partial charge in [0.2, 0.25) is 0 Å². The summed E-state index contributed by atoms with van der Waals surface area (Å²) in [4.78, 5) is 8.07. The molecular formula is C13H12F3N3. The first-order chi connectivity index (χ1) is 8.97. The molecule has 2 aromatic rings. The van der Waals surface area contributed by atoms with Crippen molar-refractivity contribution < 1.29 is 13.2 Å². The molecule has 1 heterocycles. The number of nitrogens with zero attached hydrogens (tertiary/aromatic N) is 2. The molecule has 0 radical (unpaired) electrons. The molecule has 0 bridgehead atoms. The zero-order valence-electron chi connectivity index (χ0n) is 10.2. The van der Waals surface area contributed by atoms with Crippen LogP contribution in [0.3, 0.4) is 0 Å². The minimum Gasteiger partial charge on any atom is -0.328 e. The zero-order chi connectivity index (χ0) is 14.0. The van der Waals surface area contributed by atoms with Gasteiger partial charge < -0.3 is 5.73 Å². The van der Waals surface area contributed by atoms with Crippen LogP contribution in [-0.2, 0) is 6.42 Å². The molecule has 0 fully saturated rings. The molecule has 19 heavy (non-hydrogen) atoms. The summed E-state index contributed by atoms with van der Waals surface area (Å²) in [7, 11) is 0. The number of aromatic nitrogens is 2. The number of benzene rings is 1. The van der Waals surface area contributed by atoms with Crippen LogP contribution in [0.2, 0.25) is 0 Å². The van der Waals surface area contributed by atoms with Crippen LogP contribution in [0.5, 0.6) is 0 Å². The highest BCUT2D eigenvalue weighted by molar-refractivity contribution is 5.55. The van der Waals surface area contributed by atoms with E-state index < -0.39 is 17.5 Å². The lowest BCUT2D eigenvalue weighted by atomic mass is 10.1. The molecule has 6 heteroatoms. The van der Waals surface area contributed by atoms with Crippen molar-refractivity contribution in [3.8, 4) is 11.4 Å². The van der Waals surface area contributed by atoms with Gasteiger partial charge in [-0.15, -0.1) is 0 Å². The Bertz CT molecular complexity index is 576. The van der Waals surface area contributed by atoms with Gasteiger partial charge in [-0.2, -0.15) is 0 Å². The largest absolute Gasteiger partial charge is 0.328 e. The van der Waals surface area contributed by atoms with E-state index in [9.17, 15) is 13.2 Å². The van der Waals surface area contributed by atoms with Gasteiger partial charge in [-0.1, -0.05) is 0 Å². The van der Waals surface area contributed by atoms with Crippen LogP contribution in [0, 0.1) is 17.5 Å². The normalized spacial score (nSPS) is 12.5. The van der Waals surface area contributed by atoms with E-state index >= 15 is 0 Å². The standard InChI is InChI=1S/C13H12F3N3/c1-7(17)4-9-2-3-18-13(19-9)8-5-10(14)12(16)11(15)6-8/h2-3,5-7H,4,17H2,1H3. The minimum absolute atomic E-state index is 0.0860. The van der Waals surface area contributed by atoms with E-state index in [0.717, 1.165) is 12.1 Å². The molecule has 1 aromatic carbocycles. The van der Waals surface area contributed by atoms with Crippen molar-refractivity contribution in [2.45, 2.75) is 19.4 Å². The van der Waals surface area contributed by atoms with Gasteiger partial charge in [0, 0.05) is 29.9 Å². The summed E-state index contributed by atoms with van der Waals surface area (Å²) >= 11 is 0. The van der Waals surface area contributed by atoms with Crippen molar-refractivity contribution >= 4 is 0 Å². The maximum absolute atomic E-state index is 13.1. The lowest BCUT2D eigenvalue weighted by molar-refractivity contribution is 0.447. The van der Waals surface area contributed by atoms with Crippen molar-refractivity contribution in [1.29, 1.82) is 0 Å². The molecule has 1 atom stereocenters. The number of rotatable bonds is 3. The van der Waals surface area contributed by atoms with E-state index in [0.29, 0.717) is 12.1 Å². The van der Waals surface area contributed by atoms with Crippen LogP contribution in [0.25, 0.3) is 11.4 Å². The second kappa shape index (κ2) is 5.36. The lowest BCUT2D eigenvalue weighted by Crippen LogP contribution is -2.18. The van der Waals surface area contributed by atoms with Crippen molar-refractivity contribution in [1.82, 2.24) is 9.97 Å². The predicted octanol–water partition coefficient (Wildman–Crippen LogP) is 2.45. The highest BCUT2D eigenvalue weighted by atomic mass is 19.2. The maximum Gasteiger partial charge on any atom is 0.194 e. The quantitative estimate of drug-likeness (QED) is 0.869. The van der Waals surface area contributed by atoms with E-state index in [1.807, 2.05) is 6.92 Å². The molecule has 1 unspecified atom stereocenters. The van der Waals surface area contributed by atoms with Crippen LogP contribution in [0.4, 0.5) is 13.2 Å². The molecule has 3 nitrogen and oxygen atoms in total. The molecule has 2 rings (SSSR count). The van der Waals surface area contributed by atoms with Gasteiger partial charge in [-0.25, -0.2) is 23.1 Å². The smallest absolute Gasteiger partial charge is 0.194 e. The van der Waals surface area contributed by atoms with E-state index in [1.165, 1.54) is 6.20 Å². The molecule has 0 spiro atoms. The maximum atomic E-state index is 13.1. The minimum atomic E-state index is -1.50. The van der Waals surface area contributed by atoms with Gasteiger partial charge in [0.1, 0.15) is 0 Å². The fourth-order valence-electron chi connectivity index (χ4n) is 1.66. The lowest BCUT2D eigenvalue weighted by Gasteiger charge is -2.06. The van der Waals surface area contributed by atoms with E-state index in [-0.39, 0.29) is 17.4 Å². The molecule has 0 aliphatic carbocycles. The van der Waals surface area contributed by atoms with Gasteiger partial charge in [-0.3, -0.25) is 0 Å². The van der Waals surface area contributed by atoms with Gasteiger partial charge in [0.15, 0.2) is 23.3 Å². The van der Waals surface area contributed by atoms with Crippen molar-refractivity contribution in [3.63, 3.8) is 0 Å². The van der Waals surface area contributed by atoms with Gasteiger partial charge in [0.05, 0.1) is 0 Å². The van der Waals surface area contributed by atoms with E-state index in [1.54, 1.807) is 6.07 Å². The summed E-state index contributed by atoms with van der Waals surface area (Å²) in [5.41, 5.74) is 6.39. The van der Waals surface area contributed by atoms with Gasteiger partial charge in [-0.05, 0) is 25.1 Å². The van der Waals surface area contributed by atoms with Crippen molar-refractivity contribution in [2.75, 3.05) is 0 Å². The number of hydrogen-bond donors (Lipinski definition) is 1. The number of halogens is 3. The number of nitrogens with two attached hydrogens (primary N) is 1. The molecule has 1 aromatic heterocycles. The SMILES string of the molecule is CC(N)Cc1ccnc(-c2cc(F)c(F)c(F)c2)n1.